The molecule has 0 fully saturated rings. The van der Waals surface area contributed by atoms with Crippen molar-refractivity contribution in [2.45, 2.75) is 49.1 Å². The van der Waals surface area contributed by atoms with Crippen LogP contribution in [0, 0.1) is 5.82 Å². The monoisotopic (exact) mass is 439 g/mol. The fourth-order valence-electron chi connectivity index (χ4n) is 3.26. The molecule has 1 unspecified atom stereocenters. The first-order valence-corrected chi connectivity index (χ1v) is 11.3. The van der Waals surface area contributed by atoms with Crippen LogP contribution in [0.5, 0.6) is 0 Å². The molecule has 28 heavy (non-hydrogen) atoms. The summed E-state index contributed by atoms with van der Waals surface area (Å²) >= 11 is 9.16. The summed E-state index contributed by atoms with van der Waals surface area (Å²) in [6.45, 7) is 3.89. The van der Waals surface area contributed by atoms with Crippen molar-refractivity contribution in [3.63, 3.8) is 0 Å². The third kappa shape index (κ3) is 3.65. The number of fused-ring (bicyclic) bond motifs is 2. The van der Waals surface area contributed by atoms with Gasteiger partial charge in [0.05, 0.1) is 22.5 Å². The minimum atomic E-state index is -0.395. The second kappa shape index (κ2) is 8.00. The van der Waals surface area contributed by atoms with Crippen molar-refractivity contribution in [1.82, 2.24) is 14.8 Å². The highest BCUT2D eigenvalue weighted by Crippen LogP contribution is 2.36. The van der Waals surface area contributed by atoms with Gasteiger partial charge in [0.1, 0.15) is 21.9 Å². The lowest BCUT2D eigenvalue weighted by atomic mass is 9.99. The summed E-state index contributed by atoms with van der Waals surface area (Å²) in [5, 5.41) is 4.64. The highest BCUT2D eigenvalue weighted by molar-refractivity contribution is 8.02. The molecule has 0 bridgehead atoms. The van der Waals surface area contributed by atoms with Gasteiger partial charge in [-0.15, -0.1) is 11.3 Å². The number of aryl methyl sites for hydroxylation is 1. The largest absolute Gasteiger partial charge is 0.465 e. The van der Waals surface area contributed by atoms with Crippen molar-refractivity contribution in [3.05, 3.63) is 34.4 Å². The Morgan fingerprint density at radius 3 is 2.96 bits per heavy atom. The van der Waals surface area contributed by atoms with Gasteiger partial charge in [0.15, 0.2) is 4.34 Å². The van der Waals surface area contributed by atoms with E-state index in [-0.39, 0.29) is 11.2 Å². The minimum absolute atomic E-state index is 0.285. The van der Waals surface area contributed by atoms with Crippen LogP contribution in [0.4, 0.5) is 4.39 Å². The topological polar surface area (TPSA) is 57.0 Å². The Morgan fingerprint density at radius 2 is 2.21 bits per heavy atom. The number of hydrogen-bond acceptors (Lipinski definition) is 6. The van der Waals surface area contributed by atoms with Crippen LogP contribution in [0.1, 0.15) is 37.9 Å². The molecule has 1 aromatic carbocycles. The lowest BCUT2D eigenvalue weighted by Crippen LogP contribution is -2.16. The maximum atomic E-state index is 14.8. The van der Waals surface area contributed by atoms with Crippen molar-refractivity contribution >= 4 is 50.9 Å². The number of ether oxygens (including phenoxy) is 1. The molecule has 3 aromatic rings. The number of carbonyl (C=O) groups excluding carboxylic acids is 1. The first-order valence-electron chi connectivity index (χ1n) is 9.18. The second-order valence-electron chi connectivity index (χ2n) is 6.60. The van der Waals surface area contributed by atoms with E-state index >= 15 is 0 Å². The van der Waals surface area contributed by atoms with Gasteiger partial charge in [-0.25, -0.2) is 14.1 Å². The standard InChI is InChI=1S/C19H19ClFN3O2S2/c1-3-26-18(25)10(2)27-19-22-14-9-15(12(21)8-16(14)28-19)24-17(20)11-6-4-5-7-13(11)23-24/h8-10H,3-7H2,1-2H3. The first-order chi connectivity index (χ1) is 13.5. The highest BCUT2D eigenvalue weighted by Gasteiger charge is 2.23. The molecule has 1 aliphatic carbocycles. The Hall–Kier alpha value is -1.64. The molecule has 0 N–H and O–H groups in total. The van der Waals surface area contributed by atoms with Gasteiger partial charge in [0, 0.05) is 5.56 Å². The second-order valence-corrected chi connectivity index (χ2v) is 9.57. The molecule has 0 spiro atoms. The maximum absolute atomic E-state index is 14.8. The number of aromatic nitrogens is 3. The van der Waals surface area contributed by atoms with Gasteiger partial charge in [-0.05, 0) is 51.7 Å². The van der Waals surface area contributed by atoms with E-state index in [0.29, 0.717) is 32.0 Å². The summed E-state index contributed by atoms with van der Waals surface area (Å²) in [7, 11) is 0. The number of thiazole rings is 1. The fourth-order valence-corrected chi connectivity index (χ4v) is 5.81. The molecule has 0 aliphatic heterocycles. The van der Waals surface area contributed by atoms with Crippen molar-refractivity contribution in [1.29, 1.82) is 0 Å². The van der Waals surface area contributed by atoms with E-state index in [1.54, 1.807) is 19.9 Å². The zero-order valence-electron chi connectivity index (χ0n) is 15.5. The fraction of sp³-hybridized carbons (Fsp3) is 0.421. The van der Waals surface area contributed by atoms with E-state index < -0.39 is 5.82 Å². The quantitative estimate of drug-likeness (QED) is 0.404. The first kappa shape index (κ1) is 19.7. The Balaban J connectivity index is 1.67. The number of rotatable bonds is 5. The normalized spacial score (nSPS) is 14.9. The van der Waals surface area contributed by atoms with Gasteiger partial charge in [0.2, 0.25) is 0 Å². The summed E-state index contributed by atoms with van der Waals surface area (Å²) in [5.41, 5.74) is 2.93. The zero-order chi connectivity index (χ0) is 19.8. The Kier molecular flexibility index (Phi) is 5.62. The molecular weight excluding hydrogens is 421 g/mol. The summed E-state index contributed by atoms with van der Waals surface area (Å²) in [6, 6.07) is 3.13. The van der Waals surface area contributed by atoms with Gasteiger partial charge in [-0.3, -0.25) is 4.79 Å². The molecule has 2 heterocycles. The van der Waals surface area contributed by atoms with Gasteiger partial charge in [-0.2, -0.15) is 5.10 Å². The third-order valence-electron chi connectivity index (χ3n) is 4.66. The predicted molar refractivity (Wildman–Crippen MR) is 110 cm³/mol. The lowest BCUT2D eigenvalue weighted by Gasteiger charge is -2.08. The SMILES string of the molecule is CCOC(=O)C(C)Sc1nc2cc(-n3nc4c(c3Cl)CCCC4)c(F)cc2s1. The molecule has 1 atom stereocenters. The van der Waals surface area contributed by atoms with Crippen LogP contribution in [-0.2, 0) is 22.4 Å². The molecule has 4 rings (SSSR count). The molecule has 0 saturated carbocycles. The van der Waals surface area contributed by atoms with E-state index in [1.165, 1.54) is 33.8 Å². The van der Waals surface area contributed by atoms with E-state index in [0.717, 1.165) is 36.9 Å². The summed E-state index contributed by atoms with van der Waals surface area (Å²) in [6.07, 6.45) is 3.90. The maximum Gasteiger partial charge on any atom is 0.319 e. The zero-order valence-corrected chi connectivity index (χ0v) is 17.9. The molecule has 0 saturated heterocycles. The lowest BCUT2D eigenvalue weighted by molar-refractivity contribution is -0.142. The van der Waals surface area contributed by atoms with E-state index in [9.17, 15) is 9.18 Å². The van der Waals surface area contributed by atoms with Gasteiger partial charge < -0.3 is 4.74 Å². The Morgan fingerprint density at radius 1 is 1.43 bits per heavy atom. The molecular formula is C19H19ClFN3O2S2. The molecule has 1 aliphatic rings. The highest BCUT2D eigenvalue weighted by atomic mass is 35.5. The average molecular weight is 440 g/mol. The molecule has 148 valence electrons. The van der Waals surface area contributed by atoms with Crippen LogP contribution in [0.25, 0.3) is 15.9 Å². The number of esters is 1. The summed E-state index contributed by atoms with van der Waals surface area (Å²) in [4.78, 5) is 16.4. The number of benzene rings is 1. The van der Waals surface area contributed by atoms with Crippen LogP contribution in [0.2, 0.25) is 5.15 Å². The number of nitrogens with zero attached hydrogens (tertiary/aromatic N) is 3. The van der Waals surface area contributed by atoms with Crippen LogP contribution in [-0.4, -0.2) is 32.6 Å². The van der Waals surface area contributed by atoms with Crippen molar-refractivity contribution in [3.8, 4) is 5.69 Å². The van der Waals surface area contributed by atoms with Gasteiger partial charge in [0.25, 0.3) is 0 Å². The average Bonchev–Trinajstić information content (AvgIpc) is 3.21. The van der Waals surface area contributed by atoms with Crippen LogP contribution >= 0.6 is 34.7 Å². The summed E-state index contributed by atoms with van der Waals surface area (Å²) < 4.78 is 22.8. The van der Waals surface area contributed by atoms with Gasteiger partial charge >= 0.3 is 5.97 Å². The van der Waals surface area contributed by atoms with E-state index in [4.69, 9.17) is 16.3 Å². The summed E-state index contributed by atoms with van der Waals surface area (Å²) in [5.74, 6) is -0.680. The van der Waals surface area contributed by atoms with Crippen LogP contribution < -0.4 is 0 Å². The minimum Gasteiger partial charge on any atom is -0.465 e. The van der Waals surface area contributed by atoms with E-state index in [1.807, 2.05) is 0 Å². The Labute approximate surface area is 175 Å². The molecule has 0 radical (unpaired) electrons. The molecule has 9 heteroatoms. The number of thioether (sulfide) groups is 1. The molecule has 0 amide bonds. The Bertz CT molecular complexity index is 1050. The van der Waals surface area contributed by atoms with Crippen molar-refractivity contribution < 1.29 is 13.9 Å². The third-order valence-corrected chi connectivity index (χ3v) is 7.23. The molecule has 5 nitrogen and oxygen atoms in total. The van der Waals surface area contributed by atoms with Crippen molar-refractivity contribution in [2.24, 2.45) is 0 Å². The smallest absolute Gasteiger partial charge is 0.319 e. The number of halogens is 2. The van der Waals surface area contributed by atoms with Crippen molar-refractivity contribution in [2.75, 3.05) is 6.61 Å². The van der Waals surface area contributed by atoms with Crippen LogP contribution in [0.3, 0.4) is 0 Å². The number of hydrogen-bond donors (Lipinski definition) is 0. The molecule has 2 aromatic heterocycles. The van der Waals surface area contributed by atoms with Gasteiger partial charge in [-0.1, -0.05) is 23.4 Å². The van der Waals surface area contributed by atoms with E-state index in [2.05, 4.69) is 10.1 Å². The van der Waals surface area contributed by atoms with Crippen LogP contribution in [0.15, 0.2) is 16.5 Å². The number of carbonyl (C=O) groups is 1. The predicted octanol–water partition coefficient (Wildman–Crippen LogP) is 5.20.